The number of carbonyl (C=O) groups is 2. The van der Waals surface area contributed by atoms with Gasteiger partial charge in [-0.3, -0.25) is 14.5 Å². The number of nitrogens with zero attached hydrogens (tertiary/aromatic N) is 2. The van der Waals surface area contributed by atoms with E-state index in [9.17, 15) is 23.5 Å². The Bertz CT molecular complexity index is 1070. The Morgan fingerprint density at radius 3 is 2.42 bits per heavy atom. The number of likely N-dealkylation sites (tertiary alicyclic amines) is 2. The molecule has 0 radical (unpaired) electrons. The van der Waals surface area contributed by atoms with Gasteiger partial charge in [0.05, 0.1) is 23.2 Å². The summed E-state index contributed by atoms with van der Waals surface area (Å²) in [6.45, 7) is 3.73. The zero-order valence-corrected chi connectivity index (χ0v) is 20.8. The number of nitrogens with one attached hydrogen (secondary N) is 2. The van der Waals surface area contributed by atoms with E-state index in [0.29, 0.717) is 24.7 Å². The maximum absolute atomic E-state index is 13.0. The molecule has 36 heavy (non-hydrogen) atoms. The van der Waals surface area contributed by atoms with Crippen molar-refractivity contribution in [2.24, 2.45) is 0 Å². The van der Waals surface area contributed by atoms with Crippen LogP contribution in [0.15, 0.2) is 48.5 Å². The second-order valence-corrected chi connectivity index (χ2v) is 9.96. The molecule has 0 spiro atoms. The molecule has 2 amide bonds. The minimum Gasteiger partial charge on any atom is -0.380 e. The molecule has 0 aliphatic carbocycles. The SMILES string of the molecule is C[C@@](O)(C(=O)N1CCC(N2CC(Nc3ccc(C(=O)NCC(F)F)c(Cl)c3)C2)CC1)c1ccccc1. The molecule has 2 aromatic rings. The normalized spacial score (nSPS) is 19.0. The van der Waals surface area contributed by atoms with E-state index in [1.807, 2.05) is 18.2 Å². The number of benzene rings is 2. The maximum atomic E-state index is 13.0. The zero-order chi connectivity index (χ0) is 25.9. The van der Waals surface area contributed by atoms with E-state index in [-0.39, 0.29) is 22.5 Å². The van der Waals surface area contributed by atoms with Gasteiger partial charge in [-0.2, -0.15) is 0 Å². The van der Waals surface area contributed by atoms with Crippen LogP contribution in [0.5, 0.6) is 0 Å². The molecule has 2 saturated heterocycles. The Morgan fingerprint density at radius 1 is 1.14 bits per heavy atom. The van der Waals surface area contributed by atoms with Gasteiger partial charge in [0.1, 0.15) is 0 Å². The second-order valence-electron chi connectivity index (χ2n) is 9.55. The van der Waals surface area contributed by atoms with Gasteiger partial charge in [0.2, 0.25) is 0 Å². The molecule has 2 heterocycles. The highest BCUT2D eigenvalue weighted by Gasteiger charge is 2.40. The van der Waals surface area contributed by atoms with Crippen molar-refractivity contribution in [2.75, 3.05) is 38.0 Å². The van der Waals surface area contributed by atoms with Gasteiger partial charge in [-0.25, -0.2) is 8.78 Å². The number of halogens is 3. The predicted octanol–water partition coefficient (Wildman–Crippen LogP) is 3.33. The molecule has 2 aliphatic heterocycles. The number of piperidine rings is 1. The van der Waals surface area contributed by atoms with Crippen LogP contribution < -0.4 is 10.6 Å². The van der Waals surface area contributed by atoms with Crippen LogP contribution in [-0.2, 0) is 10.4 Å². The van der Waals surface area contributed by atoms with E-state index in [4.69, 9.17) is 11.6 Å². The summed E-state index contributed by atoms with van der Waals surface area (Å²) in [4.78, 5) is 29.1. The van der Waals surface area contributed by atoms with Gasteiger partial charge >= 0.3 is 0 Å². The molecule has 3 N–H and O–H groups in total. The van der Waals surface area contributed by atoms with Crippen molar-refractivity contribution in [3.8, 4) is 0 Å². The second kappa shape index (κ2) is 11.1. The highest BCUT2D eigenvalue weighted by molar-refractivity contribution is 6.34. The minimum atomic E-state index is -2.62. The van der Waals surface area contributed by atoms with Crippen molar-refractivity contribution in [2.45, 2.75) is 43.9 Å². The van der Waals surface area contributed by atoms with Crippen LogP contribution in [0.25, 0.3) is 0 Å². The number of amides is 2. The van der Waals surface area contributed by atoms with Crippen LogP contribution in [0.1, 0.15) is 35.7 Å². The molecule has 4 rings (SSSR count). The largest absolute Gasteiger partial charge is 0.380 e. The van der Waals surface area contributed by atoms with Crippen molar-refractivity contribution in [1.29, 1.82) is 0 Å². The molecule has 2 aromatic carbocycles. The predicted molar refractivity (Wildman–Crippen MR) is 134 cm³/mol. The quantitative estimate of drug-likeness (QED) is 0.497. The third kappa shape index (κ3) is 5.96. The van der Waals surface area contributed by atoms with Crippen molar-refractivity contribution < 1.29 is 23.5 Å². The van der Waals surface area contributed by atoms with E-state index in [1.54, 1.807) is 36.1 Å². The summed E-state index contributed by atoms with van der Waals surface area (Å²) < 4.78 is 24.6. The Balaban J connectivity index is 1.23. The van der Waals surface area contributed by atoms with E-state index < -0.39 is 24.5 Å². The fourth-order valence-corrected chi connectivity index (χ4v) is 5.09. The van der Waals surface area contributed by atoms with Crippen LogP contribution in [-0.4, -0.2) is 78.0 Å². The first-order chi connectivity index (χ1) is 17.1. The molecular formula is C26H31ClF2N4O3. The van der Waals surface area contributed by atoms with Crippen LogP contribution in [0.4, 0.5) is 14.5 Å². The lowest BCUT2D eigenvalue weighted by Crippen LogP contribution is -2.61. The zero-order valence-electron chi connectivity index (χ0n) is 20.1. The summed E-state index contributed by atoms with van der Waals surface area (Å²) in [7, 11) is 0. The van der Waals surface area contributed by atoms with Gasteiger partial charge in [-0.05, 0) is 43.5 Å². The van der Waals surface area contributed by atoms with Gasteiger partial charge in [0, 0.05) is 37.9 Å². The lowest BCUT2D eigenvalue weighted by molar-refractivity contribution is -0.152. The van der Waals surface area contributed by atoms with Crippen LogP contribution in [0, 0.1) is 0 Å². The summed E-state index contributed by atoms with van der Waals surface area (Å²) in [5.41, 5.74) is -0.0275. The van der Waals surface area contributed by atoms with E-state index in [0.717, 1.165) is 31.6 Å². The van der Waals surface area contributed by atoms with Crippen molar-refractivity contribution >= 4 is 29.1 Å². The van der Waals surface area contributed by atoms with E-state index in [1.165, 1.54) is 6.07 Å². The summed E-state index contributed by atoms with van der Waals surface area (Å²) in [5.74, 6) is -0.893. The average molecular weight is 521 g/mol. The molecule has 2 aliphatic rings. The highest BCUT2D eigenvalue weighted by Crippen LogP contribution is 2.29. The third-order valence-electron chi connectivity index (χ3n) is 6.93. The molecule has 0 unspecified atom stereocenters. The summed E-state index contributed by atoms with van der Waals surface area (Å²) in [5, 5.41) is 16.6. The summed E-state index contributed by atoms with van der Waals surface area (Å²) in [6, 6.07) is 14.5. The molecular weight excluding hydrogens is 490 g/mol. The van der Waals surface area contributed by atoms with Crippen molar-refractivity contribution in [3.05, 3.63) is 64.7 Å². The Hall–Kier alpha value is -2.75. The fraction of sp³-hybridized carbons (Fsp3) is 0.462. The monoisotopic (exact) mass is 520 g/mol. The topological polar surface area (TPSA) is 84.9 Å². The number of hydrogen-bond acceptors (Lipinski definition) is 5. The molecule has 0 aromatic heterocycles. The number of hydrogen-bond donors (Lipinski definition) is 3. The average Bonchev–Trinajstić information content (AvgIpc) is 2.84. The fourth-order valence-electron chi connectivity index (χ4n) is 4.82. The van der Waals surface area contributed by atoms with Gasteiger partial charge in [-0.15, -0.1) is 0 Å². The van der Waals surface area contributed by atoms with Gasteiger partial charge < -0.3 is 20.6 Å². The standard InChI is InChI=1S/C26H31ClF2N4O3/c1-26(36,17-5-3-2-4-6-17)25(35)32-11-9-20(10-12-32)33-15-19(16-33)31-18-7-8-21(22(27)13-18)24(34)30-14-23(28)29/h2-8,13,19-20,23,31,36H,9-12,14-16H2,1H3,(H,30,34)/t26-/m0/s1. The van der Waals surface area contributed by atoms with E-state index in [2.05, 4.69) is 15.5 Å². The van der Waals surface area contributed by atoms with Crippen molar-refractivity contribution in [3.63, 3.8) is 0 Å². The van der Waals surface area contributed by atoms with Gasteiger partial charge in [0.15, 0.2) is 5.60 Å². The Labute approximate surface area is 214 Å². The molecule has 0 saturated carbocycles. The molecule has 0 bridgehead atoms. The lowest BCUT2D eigenvalue weighted by atomic mass is 9.92. The lowest BCUT2D eigenvalue weighted by Gasteiger charge is -2.48. The van der Waals surface area contributed by atoms with Gasteiger partial charge in [-0.1, -0.05) is 41.9 Å². The molecule has 1 atom stereocenters. The minimum absolute atomic E-state index is 0.158. The van der Waals surface area contributed by atoms with Crippen LogP contribution in [0.3, 0.4) is 0 Å². The molecule has 7 nitrogen and oxygen atoms in total. The first kappa shape index (κ1) is 26.3. The number of aliphatic hydroxyl groups is 1. The molecule has 10 heteroatoms. The number of rotatable bonds is 8. The third-order valence-corrected chi connectivity index (χ3v) is 7.24. The van der Waals surface area contributed by atoms with Gasteiger partial charge in [0.25, 0.3) is 18.2 Å². The summed E-state index contributed by atoms with van der Waals surface area (Å²) >= 11 is 6.20. The Morgan fingerprint density at radius 2 is 1.81 bits per heavy atom. The number of carbonyl (C=O) groups excluding carboxylic acids is 2. The molecule has 2 fully saturated rings. The smallest absolute Gasteiger partial charge is 0.258 e. The van der Waals surface area contributed by atoms with E-state index >= 15 is 0 Å². The van der Waals surface area contributed by atoms with Crippen LogP contribution in [0.2, 0.25) is 5.02 Å². The maximum Gasteiger partial charge on any atom is 0.258 e. The number of anilines is 1. The van der Waals surface area contributed by atoms with Crippen LogP contribution >= 0.6 is 11.6 Å². The Kier molecular flexibility index (Phi) is 8.12. The first-order valence-corrected chi connectivity index (χ1v) is 12.5. The number of alkyl halides is 2. The highest BCUT2D eigenvalue weighted by atomic mass is 35.5. The van der Waals surface area contributed by atoms with Crippen molar-refractivity contribution in [1.82, 2.24) is 15.1 Å². The first-order valence-electron chi connectivity index (χ1n) is 12.1. The summed E-state index contributed by atoms with van der Waals surface area (Å²) in [6.07, 6.45) is -0.929. The molecule has 194 valence electrons.